The fourth-order valence-electron chi connectivity index (χ4n) is 0.907. The molecule has 6 heteroatoms. The number of carboxylic acids is 1. The molecule has 0 saturated heterocycles. The van der Waals surface area contributed by atoms with Crippen molar-refractivity contribution in [3.05, 3.63) is 29.3 Å². The summed E-state index contributed by atoms with van der Waals surface area (Å²) in [6.45, 7) is 0. The van der Waals surface area contributed by atoms with Crippen LogP contribution in [0, 0.1) is 11.6 Å². The van der Waals surface area contributed by atoms with Crippen molar-refractivity contribution in [3.8, 4) is 0 Å². The Hall–Kier alpha value is -1.98. The number of hydrogen-bond donors (Lipinski definition) is 2. The van der Waals surface area contributed by atoms with Crippen LogP contribution in [0.3, 0.4) is 0 Å². The van der Waals surface area contributed by atoms with Gasteiger partial charge < -0.3 is 10.4 Å². The van der Waals surface area contributed by atoms with E-state index >= 15 is 0 Å². The van der Waals surface area contributed by atoms with Crippen molar-refractivity contribution >= 4 is 18.1 Å². The summed E-state index contributed by atoms with van der Waals surface area (Å²) in [6.07, 6.45) is 0.180. The molecule has 14 heavy (non-hydrogen) atoms. The molecule has 0 aliphatic rings. The molecule has 1 rings (SSSR count). The fourth-order valence-corrected chi connectivity index (χ4v) is 0.907. The number of rotatable bonds is 3. The van der Waals surface area contributed by atoms with E-state index in [9.17, 15) is 18.4 Å². The second kappa shape index (κ2) is 3.82. The first-order valence-corrected chi connectivity index (χ1v) is 3.48. The van der Waals surface area contributed by atoms with Crippen molar-refractivity contribution in [2.24, 2.45) is 0 Å². The zero-order chi connectivity index (χ0) is 10.7. The van der Waals surface area contributed by atoms with E-state index in [-0.39, 0.29) is 12.1 Å². The molecule has 0 radical (unpaired) electrons. The van der Waals surface area contributed by atoms with Crippen molar-refractivity contribution < 1.29 is 23.5 Å². The van der Waals surface area contributed by atoms with E-state index in [1.165, 1.54) is 0 Å². The van der Waals surface area contributed by atoms with Crippen LogP contribution in [0.1, 0.15) is 10.4 Å². The minimum absolute atomic E-state index is 0.180. The Morgan fingerprint density at radius 2 is 1.93 bits per heavy atom. The fraction of sp³-hybridized carbons (Fsp3) is 0. The predicted octanol–water partition coefficient (Wildman–Crippen LogP) is 1.23. The smallest absolute Gasteiger partial charge is 0.337 e. The minimum Gasteiger partial charge on any atom is -0.478 e. The summed E-state index contributed by atoms with van der Waals surface area (Å²) in [5.74, 6) is -3.95. The van der Waals surface area contributed by atoms with Crippen LogP contribution in [0.5, 0.6) is 0 Å². The summed E-state index contributed by atoms with van der Waals surface area (Å²) in [4.78, 5) is 20.5. The average molecular weight is 201 g/mol. The molecule has 0 fully saturated rings. The van der Waals surface area contributed by atoms with Gasteiger partial charge in [0.25, 0.3) is 0 Å². The van der Waals surface area contributed by atoms with Crippen LogP contribution in [-0.4, -0.2) is 17.5 Å². The number of hydrogen-bond acceptors (Lipinski definition) is 2. The third kappa shape index (κ3) is 1.85. The van der Waals surface area contributed by atoms with Crippen molar-refractivity contribution in [3.63, 3.8) is 0 Å². The number of carboxylic acid groups (broad SMARTS) is 1. The Balaban J connectivity index is 3.30. The highest BCUT2D eigenvalue weighted by Crippen LogP contribution is 2.19. The number of amides is 1. The van der Waals surface area contributed by atoms with E-state index in [4.69, 9.17) is 5.11 Å². The number of nitrogens with one attached hydrogen (secondary N) is 1. The third-order valence-electron chi connectivity index (χ3n) is 1.51. The van der Waals surface area contributed by atoms with Gasteiger partial charge >= 0.3 is 5.97 Å². The summed E-state index contributed by atoms with van der Waals surface area (Å²) in [5, 5.41) is 10.5. The number of benzene rings is 1. The van der Waals surface area contributed by atoms with Gasteiger partial charge in [-0.15, -0.1) is 0 Å². The molecule has 0 bridgehead atoms. The highest BCUT2D eigenvalue weighted by molar-refractivity contribution is 5.96. The Morgan fingerprint density at radius 1 is 1.36 bits per heavy atom. The topological polar surface area (TPSA) is 66.4 Å². The van der Waals surface area contributed by atoms with Crippen LogP contribution < -0.4 is 5.32 Å². The lowest BCUT2D eigenvalue weighted by atomic mass is 10.1. The molecule has 1 aromatic carbocycles. The lowest BCUT2D eigenvalue weighted by Gasteiger charge is -2.04. The van der Waals surface area contributed by atoms with Crippen LogP contribution in [0.4, 0.5) is 14.5 Å². The molecule has 0 aliphatic carbocycles. The Kier molecular flexibility index (Phi) is 2.76. The molecule has 0 heterocycles. The summed E-state index contributed by atoms with van der Waals surface area (Å²) in [5.41, 5.74) is -0.789. The Labute approximate surface area is 77.2 Å². The van der Waals surface area contributed by atoms with Gasteiger partial charge in [0.2, 0.25) is 6.41 Å². The molecule has 74 valence electrons. The largest absolute Gasteiger partial charge is 0.478 e. The maximum absolute atomic E-state index is 12.6. The van der Waals surface area contributed by atoms with Gasteiger partial charge in [-0.05, 0) is 6.07 Å². The van der Waals surface area contributed by atoms with E-state index in [2.05, 4.69) is 0 Å². The van der Waals surface area contributed by atoms with E-state index in [0.29, 0.717) is 12.1 Å². The van der Waals surface area contributed by atoms with Crippen LogP contribution in [0.2, 0.25) is 0 Å². The summed E-state index contributed by atoms with van der Waals surface area (Å²) < 4.78 is 25.2. The number of aromatic carboxylic acids is 1. The molecule has 0 saturated carbocycles. The van der Waals surface area contributed by atoms with Gasteiger partial charge in [-0.2, -0.15) is 0 Å². The quantitative estimate of drug-likeness (QED) is 0.723. The molecule has 2 N–H and O–H groups in total. The average Bonchev–Trinajstić information content (AvgIpc) is 2.11. The molecule has 0 aliphatic heterocycles. The SMILES string of the molecule is O=CNc1cc(F)c(F)cc1C(=O)O. The lowest BCUT2D eigenvalue weighted by Crippen LogP contribution is -2.06. The van der Waals surface area contributed by atoms with E-state index in [1.54, 1.807) is 0 Å². The second-order valence-electron chi connectivity index (χ2n) is 2.38. The van der Waals surface area contributed by atoms with Crippen molar-refractivity contribution in [1.82, 2.24) is 0 Å². The highest BCUT2D eigenvalue weighted by Gasteiger charge is 2.14. The molecular weight excluding hydrogens is 196 g/mol. The lowest BCUT2D eigenvalue weighted by molar-refractivity contribution is -0.105. The standard InChI is InChI=1S/C8H5F2NO3/c9-5-1-4(8(13)14)7(11-3-12)2-6(5)10/h1-3H,(H,11,12)(H,13,14). The second-order valence-corrected chi connectivity index (χ2v) is 2.38. The maximum Gasteiger partial charge on any atom is 0.337 e. The van der Waals surface area contributed by atoms with Crippen molar-refractivity contribution in [1.29, 1.82) is 0 Å². The number of halogens is 2. The zero-order valence-corrected chi connectivity index (χ0v) is 6.75. The van der Waals surface area contributed by atoms with Crippen LogP contribution in [0.25, 0.3) is 0 Å². The molecule has 4 nitrogen and oxygen atoms in total. The van der Waals surface area contributed by atoms with Gasteiger partial charge in [-0.25, -0.2) is 13.6 Å². The first-order chi connectivity index (χ1) is 6.56. The van der Waals surface area contributed by atoms with Crippen LogP contribution in [0.15, 0.2) is 12.1 Å². The molecule has 0 atom stereocenters. The molecule has 1 aromatic rings. The van der Waals surface area contributed by atoms with Gasteiger partial charge in [-0.1, -0.05) is 0 Å². The minimum atomic E-state index is -1.45. The first-order valence-electron chi connectivity index (χ1n) is 3.48. The number of carbonyl (C=O) groups is 2. The normalized spacial score (nSPS) is 9.57. The molecular formula is C8H5F2NO3. The van der Waals surface area contributed by atoms with E-state index < -0.39 is 23.2 Å². The van der Waals surface area contributed by atoms with Crippen LogP contribution in [-0.2, 0) is 4.79 Å². The summed E-state index contributed by atoms with van der Waals surface area (Å²) in [7, 11) is 0. The van der Waals surface area contributed by atoms with Crippen molar-refractivity contribution in [2.45, 2.75) is 0 Å². The van der Waals surface area contributed by atoms with Gasteiger partial charge in [0.1, 0.15) is 0 Å². The zero-order valence-electron chi connectivity index (χ0n) is 6.75. The Bertz CT molecular complexity index is 392. The Morgan fingerprint density at radius 3 is 2.43 bits per heavy atom. The number of anilines is 1. The van der Waals surface area contributed by atoms with Gasteiger partial charge in [0.15, 0.2) is 11.6 Å². The van der Waals surface area contributed by atoms with E-state index in [0.717, 1.165) is 0 Å². The van der Waals surface area contributed by atoms with Gasteiger partial charge in [0, 0.05) is 6.07 Å². The molecule has 1 amide bonds. The van der Waals surface area contributed by atoms with Gasteiger partial charge in [-0.3, -0.25) is 4.79 Å². The summed E-state index contributed by atoms with van der Waals surface area (Å²) >= 11 is 0. The predicted molar refractivity (Wildman–Crippen MR) is 43.0 cm³/mol. The first kappa shape index (κ1) is 10.1. The molecule has 0 unspecified atom stereocenters. The molecule has 0 spiro atoms. The monoisotopic (exact) mass is 201 g/mol. The highest BCUT2D eigenvalue weighted by atomic mass is 19.2. The third-order valence-corrected chi connectivity index (χ3v) is 1.51. The number of carbonyl (C=O) groups excluding carboxylic acids is 1. The molecule has 0 aromatic heterocycles. The van der Waals surface area contributed by atoms with Gasteiger partial charge in [0.05, 0.1) is 11.3 Å². The van der Waals surface area contributed by atoms with E-state index in [1.807, 2.05) is 5.32 Å². The maximum atomic E-state index is 12.6. The van der Waals surface area contributed by atoms with Crippen LogP contribution >= 0.6 is 0 Å². The summed E-state index contributed by atoms with van der Waals surface area (Å²) in [6, 6.07) is 1.11. The van der Waals surface area contributed by atoms with Crippen molar-refractivity contribution in [2.75, 3.05) is 5.32 Å².